The van der Waals surface area contributed by atoms with Gasteiger partial charge in [0.25, 0.3) is 0 Å². The molecule has 0 radical (unpaired) electrons. The van der Waals surface area contributed by atoms with E-state index in [1.807, 2.05) is 20.8 Å². The SMILES string of the molecule is CC(=O)Nc1ccc2[nH]c(=O)c(=O)n(CC(C)(C)C)c2c1. The summed E-state index contributed by atoms with van der Waals surface area (Å²) in [5.41, 5.74) is 0.369. The van der Waals surface area contributed by atoms with E-state index in [1.54, 1.807) is 18.2 Å². The highest BCUT2D eigenvalue weighted by atomic mass is 16.2. The van der Waals surface area contributed by atoms with Gasteiger partial charge in [-0.2, -0.15) is 0 Å². The third-order valence-corrected chi connectivity index (χ3v) is 2.93. The van der Waals surface area contributed by atoms with Crippen LogP contribution in [0, 0.1) is 5.41 Å². The van der Waals surface area contributed by atoms with Crippen LogP contribution in [0.25, 0.3) is 11.0 Å². The Balaban J connectivity index is 2.72. The number of carbonyl (C=O) groups excluding carboxylic acids is 1. The van der Waals surface area contributed by atoms with E-state index in [2.05, 4.69) is 10.3 Å². The van der Waals surface area contributed by atoms with Crippen LogP contribution in [-0.4, -0.2) is 15.5 Å². The van der Waals surface area contributed by atoms with Gasteiger partial charge in [-0.3, -0.25) is 14.4 Å². The lowest BCUT2D eigenvalue weighted by atomic mass is 9.96. The summed E-state index contributed by atoms with van der Waals surface area (Å²) in [5.74, 6) is -0.191. The highest BCUT2D eigenvalue weighted by molar-refractivity contribution is 5.91. The highest BCUT2D eigenvalue weighted by Crippen LogP contribution is 2.20. The lowest BCUT2D eigenvalue weighted by Gasteiger charge is -2.21. The van der Waals surface area contributed by atoms with Gasteiger partial charge < -0.3 is 14.9 Å². The summed E-state index contributed by atoms with van der Waals surface area (Å²) in [4.78, 5) is 37.6. The van der Waals surface area contributed by atoms with Gasteiger partial charge in [0, 0.05) is 19.2 Å². The van der Waals surface area contributed by atoms with Crippen LogP contribution in [0.3, 0.4) is 0 Å². The molecule has 21 heavy (non-hydrogen) atoms. The Morgan fingerprint density at radius 2 is 1.95 bits per heavy atom. The molecule has 0 atom stereocenters. The molecule has 0 saturated carbocycles. The number of H-pyrrole nitrogens is 1. The number of hydrogen-bond acceptors (Lipinski definition) is 3. The minimum Gasteiger partial charge on any atom is -0.326 e. The van der Waals surface area contributed by atoms with Gasteiger partial charge in [-0.15, -0.1) is 0 Å². The van der Waals surface area contributed by atoms with Gasteiger partial charge in [0.15, 0.2) is 0 Å². The zero-order valence-electron chi connectivity index (χ0n) is 12.6. The molecule has 6 nitrogen and oxygen atoms in total. The predicted molar refractivity (Wildman–Crippen MR) is 82.6 cm³/mol. The minimum absolute atomic E-state index is 0.158. The van der Waals surface area contributed by atoms with Crippen molar-refractivity contribution in [2.24, 2.45) is 5.41 Å². The topological polar surface area (TPSA) is 84.0 Å². The number of rotatable bonds is 2. The number of fused-ring (bicyclic) bond motifs is 1. The van der Waals surface area contributed by atoms with Gasteiger partial charge in [0.05, 0.1) is 11.0 Å². The number of aromatic nitrogens is 2. The van der Waals surface area contributed by atoms with Crippen molar-refractivity contribution < 1.29 is 4.79 Å². The fourth-order valence-electron chi connectivity index (χ4n) is 2.18. The molecule has 2 rings (SSSR count). The molecule has 6 heteroatoms. The lowest BCUT2D eigenvalue weighted by molar-refractivity contribution is -0.114. The number of nitrogens with one attached hydrogen (secondary N) is 2. The van der Waals surface area contributed by atoms with Crippen LogP contribution >= 0.6 is 0 Å². The van der Waals surface area contributed by atoms with Crippen LogP contribution in [0.1, 0.15) is 27.7 Å². The number of carbonyl (C=O) groups is 1. The molecular weight excluding hydrogens is 270 g/mol. The molecule has 2 aromatic rings. The van der Waals surface area contributed by atoms with Crippen molar-refractivity contribution in [3.8, 4) is 0 Å². The first-order chi connectivity index (χ1) is 9.67. The van der Waals surface area contributed by atoms with Crippen molar-refractivity contribution in [1.82, 2.24) is 9.55 Å². The molecule has 1 aromatic carbocycles. The largest absolute Gasteiger partial charge is 0.326 e. The molecule has 0 aliphatic rings. The molecule has 0 aliphatic carbocycles. The summed E-state index contributed by atoms with van der Waals surface area (Å²) in [5, 5.41) is 2.67. The van der Waals surface area contributed by atoms with Gasteiger partial charge >= 0.3 is 11.1 Å². The fraction of sp³-hybridized carbons (Fsp3) is 0.400. The molecule has 0 bridgehead atoms. The minimum atomic E-state index is -0.640. The first-order valence-electron chi connectivity index (χ1n) is 6.72. The van der Waals surface area contributed by atoms with Gasteiger partial charge in [-0.25, -0.2) is 0 Å². The first-order valence-corrected chi connectivity index (χ1v) is 6.72. The number of hydrogen-bond donors (Lipinski definition) is 2. The summed E-state index contributed by atoms with van der Waals surface area (Å²) < 4.78 is 1.46. The standard InChI is InChI=1S/C15H19N3O3/c1-9(19)16-10-5-6-11-12(7-10)18(8-15(2,3)4)14(21)13(20)17-11/h5-7H,8H2,1-4H3,(H,16,19)(H,17,20). The molecule has 112 valence electrons. The molecule has 0 fully saturated rings. The van der Waals surface area contributed by atoms with E-state index in [4.69, 9.17) is 0 Å². The Kier molecular flexibility index (Phi) is 3.72. The average molecular weight is 289 g/mol. The van der Waals surface area contributed by atoms with Crippen molar-refractivity contribution in [3.63, 3.8) is 0 Å². The Morgan fingerprint density at radius 3 is 2.52 bits per heavy atom. The van der Waals surface area contributed by atoms with Crippen LogP contribution in [0.5, 0.6) is 0 Å². The van der Waals surface area contributed by atoms with E-state index in [1.165, 1.54) is 11.5 Å². The van der Waals surface area contributed by atoms with E-state index >= 15 is 0 Å². The van der Waals surface area contributed by atoms with E-state index in [9.17, 15) is 14.4 Å². The second-order valence-corrected chi connectivity index (χ2v) is 6.32. The summed E-state index contributed by atoms with van der Waals surface area (Å²) in [6.45, 7) is 7.80. The highest BCUT2D eigenvalue weighted by Gasteiger charge is 2.16. The maximum absolute atomic E-state index is 12.1. The molecule has 1 amide bonds. The zero-order chi connectivity index (χ0) is 15.8. The van der Waals surface area contributed by atoms with Crippen molar-refractivity contribution in [1.29, 1.82) is 0 Å². The normalized spacial score (nSPS) is 11.6. The monoisotopic (exact) mass is 289 g/mol. The summed E-state index contributed by atoms with van der Waals surface area (Å²) >= 11 is 0. The van der Waals surface area contributed by atoms with E-state index in [0.29, 0.717) is 23.3 Å². The maximum atomic E-state index is 12.1. The van der Waals surface area contributed by atoms with Crippen LogP contribution < -0.4 is 16.4 Å². The predicted octanol–water partition coefficient (Wildman–Crippen LogP) is 1.69. The third kappa shape index (κ3) is 3.39. The molecule has 1 heterocycles. The number of anilines is 1. The number of benzene rings is 1. The van der Waals surface area contributed by atoms with Gasteiger partial charge in [-0.1, -0.05) is 20.8 Å². The van der Waals surface area contributed by atoms with Crippen molar-refractivity contribution >= 4 is 22.6 Å². The summed E-state index contributed by atoms with van der Waals surface area (Å²) in [6.07, 6.45) is 0. The Morgan fingerprint density at radius 1 is 1.29 bits per heavy atom. The zero-order valence-corrected chi connectivity index (χ0v) is 12.6. The van der Waals surface area contributed by atoms with E-state index in [-0.39, 0.29) is 11.3 Å². The van der Waals surface area contributed by atoms with Gasteiger partial charge in [0.2, 0.25) is 5.91 Å². The molecule has 0 spiro atoms. The smallest absolute Gasteiger partial charge is 0.316 e. The molecule has 0 unspecified atom stereocenters. The quantitative estimate of drug-likeness (QED) is 0.825. The molecule has 2 N–H and O–H groups in total. The van der Waals surface area contributed by atoms with Gasteiger partial charge in [0.1, 0.15) is 0 Å². The second kappa shape index (κ2) is 5.20. The number of aromatic amines is 1. The van der Waals surface area contributed by atoms with Crippen LogP contribution in [0.4, 0.5) is 5.69 Å². The first kappa shape index (κ1) is 15.0. The second-order valence-electron chi connectivity index (χ2n) is 6.32. The van der Waals surface area contributed by atoms with E-state index in [0.717, 1.165) is 0 Å². The Bertz CT molecular complexity index is 809. The van der Waals surface area contributed by atoms with Crippen molar-refractivity contribution in [2.45, 2.75) is 34.2 Å². The maximum Gasteiger partial charge on any atom is 0.316 e. The molecule has 0 aliphatic heterocycles. The Hall–Kier alpha value is -2.37. The molecule has 1 aromatic heterocycles. The van der Waals surface area contributed by atoms with Crippen LogP contribution in [0.2, 0.25) is 0 Å². The van der Waals surface area contributed by atoms with Gasteiger partial charge in [-0.05, 0) is 23.6 Å². The summed E-state index contributed by atoms with van der Waals surface area (Å²) in [7, 11) is 0. The molecule has 0 saturated heterocycles. The lowest BCUT2D eigenvalue weighted by Crippen LogP contribution is -2.38. The van der Waals surface area contributed by atoms with E-state index < -0.39 is 11.1 Å². The van der Waals surface area contributed by atoms with Crippen molar-refractivity contribution in [3.05, 3.63) is 38.9 Å². The third-order valence-electron chi connectivity index (χ3n) is 2.93. The Labute approximate surface area is 121 Å². The summed E-state index contributed by atoms with van der Waals surface area (Å²) in [6, 6.07) is 5.06. The average Bonchev–Trinajstić information content (AvgIpc) is 2.34. The fourth-order valence-corrected chi connectivity index (χ4v) is 2.18. The molecular formula is C15H19N3O3. The van der Waals surface area contributed by atoms with Crippen LogP contribution in [-0.2, 0) is 11.3 Å². The van der Waals surface area contributed by atoms with Crippen LogP contribution in [0.15, 0.2) is 27.8 Å². The van der Waals surface area contributed by atoms with Crippen molar-refractivity contribution in [2.75, 3.05) is 5.32 Å². The number of amides is 1. The number of nitrogens with zero attached hydrogens (tertiary/aromatic N) is 1.